The Bertz CT molecular complexity index is 435. The van der Waals surface area contributed by atoms with Gasteiger partial charge in [-0.3, -0.25) is 4.90 Å². The maximum absolute atomic E-state index is 8.72. The predicted molar refractivity (Wildman–Crippen MR) is 76.0 cm³/mol. The van der Waals surface area contributed by atoms with Crippen molar-refractivity contribution in [3.05, 3.63) is 29.8 Å². The van der Waals surface area contributed by atoms with Gasteiger partial charge in [0.1, 0.15) is 12.4 Å². The van der Waals surface area contributed by atoms with Crippen LogP contribution in [-0.2, 0) is 0 Å². The van der Waals surface area contributed by atoms with Crippen molar-refractivity contribution >= 4 is 0 Å². The highest BCUT2D eigenvalue weighted by Crippen LogP contribution is 2.22. The molecule has 0 bridgehead atoms. The molecule has 2 atom stereocenters. The lowest BCUT2D eigenvalue weighted by molar-refractivity contribution is 0.119. The van der Waals surface area contributed by atoms with Gasteiger partial charge < -0.3 is 4.74 Å². The zero-order valence-electron chi connectivity index (χ0n) is 11.8. The van der Waals surface area contributed by atoms with Gasteiger partial charge in [-0.2, -0.15) is 5.26 Å². The fraction of sp³-hybridized carbons (Fsp3) is 0.562. The molecule has 0 unspecified atom stereocenters. The number of likely N-dealkylation sites (tertiary alicyclic amines) is 1. The molecule has 0 saturated carbocycles. The molecule has 1 aliphatic rings. The Morgan fingerprint density at radius 2 is 2.00 bits per heavy atom. The van der Waals surface area contributed by atoms with Crippen LogP contribution in [-0.4, -0.2) is 31.1 Å². The molecular weight excluding hydrogens is 236 g/mol. The van der Waals surface area contributed by atoms with Crippen molar-refractivity contribution in [2.45, 2.75) is 20.3 Å². The normalized spacial score (nSPS) is 23.8. The third-order valence-electron chi connectivity index (χ3n) is 4.08. The summed E-state index contributed by atoms with van der Waals surface area (Å²) >= 11 is 0. The van der Waals surface area contributed by atoms with Crippen LogP contribution < -0.4 is 4.74 Å². The molecule has 1 aliphatic heterocycles. The largest absolute Gasteiger partial charge is 0.492 e. The standard InChI is InChI=1S/C16H22N2O/c1-13-7-8-18(12-14(13)2)9-10-19-16-5-3-15(11-17)4-6-16/h3-6,13-14H,7-10,12H2,1-2H3/t13-,14+/m0/s1. The van der Waals surface area contributed by atoms with E-state index in [1.807, 2.05) is 12.1 Å². The van der Waals surface area contributed by atoms with Crippen molar-refractivity contribution in [1.82, 2.24) is 4.90 Å². The zero-order valence-corrected chi connectivity index (χ0v) is 11.8. The summed E-state index contributed by atoms with van der Waals surface area (Å²) in [6.45, 7) is 8.73. The van der Waals surface area contributed by atoms with Crippen molar-refractivity contribution in [3.8, 4) is 11.8 Å². The maximum atomic E-state index is 8.72. The van der Waals surface area contributed by atoms with Gasteiger partial charge >= 0.3 is 0 Å². The fourth-order valence-electron chi connectivity index (χ4n) is 2.47. The van der Waals surface area contributed by atoms with E-state index in [-0.39, 0.29) is 0 Å². The Morgan fingerprint density at radius 1 is 1.26 bits per heavy atom. The Morgan fingerprint density at radius 3 is 2.63 bits per heavy atom. The van der Waals surface area contributed by atoms with Crippen LogP contribution in [0.1, 0.15) is 25.8 Å². The van der Waals surface area contributed by atoms with E-state index in [9.17, 15) is 0 Å². The summed E-state index contributed by atoms with van der Waals surface area (Å²) in [5.41, 5.74) is 0.672. The summed E-state index contributed by atoms with van der Waals surface area (Å²) in [6, 6.07) is 9.41. The van der Waals surface area contributed by atoms with Crippen molar-refractivity contribution < 1.29 is 4.74 Å². The highest BCUT2D eigenvalue weighted by molar-refractivity contribution is 5.34. The first-order valence-electron chi connectivity index (χ1n) is 7.04. The molecule has 19 heavy (non-hydrogen) atoms. The fourth-order valence-corrected chi connectivity index (χ4v) is 2.47. The van der Waals surface area contributed by atoms with Gasteiger partial charge in [0, 0.05) is 13.1 Å². The Balaban J connectivity index is 1.73. The van der Waals surface area contributed by atoms with Gasteiger partial charge in [0.15, 0.2) is 0 Å². The first-order valence-corrected chi connectivity index (χ1v) is 7.04. The lowest BCUT2D eigenvalue weighted by Gasteiger charge is -2.35. The van der Waals surface area contributed by atoms with E-state index >= 15 is 0 Å². The summed E-state index contributed by atoms with van der Waals surface area (Å²) < 4.78 is 5.72. The third kappa shape index (κ3) is 3.97. The van der Waals surface area contributed by atoms with Crippen molar-refractivity contribution in [2.75, 3.05) is 26.2 Å². The van der Waals surface area contributed by atoms with Gasteiger partial charge in [-0.15, -0.1) is 0 Å². The molecule has 102 valence electrons. The SMILES string of the molecule is C[C@@H]1CN(CCOc2ccc(C#N)cc2)CC[C@@H]1C. The van der Waals surface area contributed by atoms with Crippen LogP contribution in [0.15, 0.2) is 24.3 Å². The summed E-state index contributed by atoms with van der Waals surface area (Å²) in [5, 5.41) is 8.72. The van der Waals surface area contributed by atoms with E-state index in [0.29, 0.717) is 12.2 Å². The molecule has 2 rings (SSSR count). The van der Waals surface area contributed by atoms with Crippen LogP contribution >= 0.6 is 0 Å². The zero-order chi connectivity index (χ0) is 13.7. The van der Waals surface area contributed by atoms with Crippen LogP contribution in [0, 0.1) is 23.2 Å². The minimum atomic E-state index is 0.672. The molecule has 3 heteroatoms. The number of rotatable bonds is 4. The van der Waals surface area contributed by atoms with E-state index < -0.39 is 0 Å². The molecule has 1 saturated heterocycles. The summed E-state index contributed by atoms with van der Waals surface area (Å²) in [4.78, 5) is 2.48. The third-order valence-corrected chi connectivity index (χ3v) is 4.08. The number of piperidine rings is 1. The topological polar surface area (TPSA) is 36.3 Å². The maximum Gasteiger partial charge on any atom is 0.119 e. The number of hydrogen-bond donors (Lipinski definition) is 0. The second-order valence-corrected chi connectivity index (χ2v) is 5.53. The van der Waals surface area contributed by atoms with Crippen LogP contribution in [0.5, 0.6) is 5.75 Å². The Hall–Kier alpha value is -1.53. The van der Waals surface area contributed by atoms with E-state index in [1.54, 1.807) is 12.1 Å². The number of nitrogens with zero attached hydrogens (tertiary/aromatic N) is 2. The second-order valence-electron chi connectivity index (χ2n) is 5.53. The van der Waals surface area contributed by atoms with Crippen molar-refractivity contribution in [2.24, 2.45) is 11.8 Å². The molecule has 1 aromatic carbocycles. The van der Waals surface area contributed by atoms with E-state index in [2.05, 4.69) is 24.8 Å². The van der Waals surface area contributed by atoms with Crippen molar-refractivity contribution in [1.29, 1.82) is 5.26 Å². The Labute approximate surface area is 115 Å². The van der Waals surface area contributed by atoms with E-state index in [4.69, 9.17) is 10.00 Å². The molecule has 0 radical (unpaired) electrons. The lowest BCUT2D eigenvalue weighted by atomic mass is 9.89. The average molecular weight is 258 g/mol. The van der Waals surface area contributed by atoms with Crippen LogP contribution in [0.3, 0.4) is 0 Å². The monoisotopic (exact) mass is 258 g/mol. The van der Waals surface area contributed by atoms with Gasteiger partial charge in [-0.25, -0.2) is 0 Å². The molecule has 1 fully saturated rings. The highest BCUT2D eigenvalue weighted by atomic mass is 16.5. The number of hydrogen-bond acceptors (Lipinski definition) is 3. The van der Waals surface area contributed by atoms with Gasteiger partial charge in [0.05, 0.1) is 11.6 Å². The van der Waals surface area contributed by atoms with E-state index in [0.717, 1.165) is 24.1 Å². The molecule has 1 aromatic rings. The second kappa shape index (κ2) is 6.58. The lowest BCUT2D eigenvalue weighted by Crippen LogP contribution is -2.40. The van der Waals surface area contributed by atoms with Crippen LogP contribution in [0.2, 0.25) is 0 Å². The van der Waals surface area contributed by atoms with Gasteiger partial charge in [0.2, 0.25) is 0 Å². The molecule has 0 amide bonds. The molecular formula is C16H22N2O. The predicted octanol–water partition coefficient (Wildman–Crippen LogP) is 2.91. The number of nitriles is 1. The Kier molecular flexibility index (Phi) is 4.81. The summed E-state index contributed by atoms with van der Waals surface area (Å²) in [6.07, 6.45) is 1.29. The van der Waals surface area contributed by atoms with Gasteiger partial charge in [-0.05, 0) is 49.1 Å². The summed E-state index contributed by atoms with van der Waals surface area (Å²) in [7, 11) is 0. The molecule has 0 N–H and O–H groups in total. The molecule has 0 aromatic heterocycles. The minimum absolute atomic E-state index is 0.672. The van der Waals surface area contributed by atoms with Gasteiger partial charge in [0.25, 0.3) is 0 Å². The van der Waals surface area contributed by atoms with E-state index in [1.165, 1.54) is 19.5 Å². The average Bonchev–Trinajstić information content (AvgIpc) is 2.43. The number of ether oxygens (including phenoxy) is 1. The molecule has 3 nitrogen and oxygen atoms in total. The van der Waals surface area contributed by atoms with Gasteiger partial charge in [-0.1, -0.05) is 13.8 Å². The first kappa shape index (κ1) is 13.9. The summed E-state index contributed by atoms with van der Waals surface area (Å²) in [5.74, 6) is 2.47. The smallest absolute Gasteiger partial charge is 0.119 e. The molecule has 0 spiro atoms. The molecule has 0 aliphatic carbocycles. The van der Waals surface area contributed by atoms with Crippen LogP contribution in [0.25, 0.3) is 0 Å². The minimum Gasteiger partial charge on any atom is -0.492 e. The first-order chi connectivity index (χ1) is 9.19. The van der Waals surface area contributed by atoms with Crippen molar-refractivity contribution in [3.63, 3.8) is 0 Å². The van der Waals surface area contributed by atoms with Crippen LogP contribution in [0.4, 0.5) is 0 Å². The quantitative estimate of drug-likeness (QED) is 0.833. The highest BCUT2D eigenvalue weighted by Gasteiger charge is 2.22. The molecule has 1 heterocycles. The number of benzene rings is 1.